The van der Waals surface area contributed by atoms with Crippen LogP contribution in [-0.4, -0.2) is 38.4 Å². The van der Waals surface area contributed by atoms with E-state index in [1.165, 1.54) is 22.7 Å². The molecule has 0 atom stereocenters. The molecule has 6 aromatic rings. The number of carbonyl (C=O) groups excluding carboxylic acids is 2. The van der Waals surface area contributed by atoms with Gasteiger partial charge in [0.2, 0.25) is 0 Å². The molecule has 0 aliphatic carbocycles. The Hall–Kier alpha value is -4.80. The van der Waals surface area contributed by atoms with E-state index < -0.39 is 11.9 Å². The molecule has 0 radical (unpaired) electrons. The summed E-state index contributed by atoms with van der Waals surface area (Å²) < 4.78 is 25.0. The van der Waals surface area contributed by atoms with Crippen molar-refractivity contribution >= 4 is 75.0 Å². The third-order valence-electron chi connectivity index (χ3n) is 6.89. The zero-order valence-electron chi connectivity index (χ0n) is 23.4. The lowest BCUT2D eigenvalue weighted by Crippen LogP contribution is -2.17. The first-order valence-electron chi connectivity index (χ1n) is 14.0. The van der Waals surface area contributed by atoms with Crippen molar-refractivity contribution in [3.8, 4) is 11.5 Å². The van der Waals surface area contributed by atoms with Gasteiger partial charge in [-0.15, -0.1) is 22.7 Å². The topological polar surface area (TPSA) is 105 Å². The van der Waals surface area contributed by atoms with Crippen molar-refractivity contribution < 1.29 is 28.5 Å². The summed E-state index contributed by atoms with van der Waals surface area (Å²) in [4.78, 5) is 50.2. The molecule has 0 amide bonds. The maximum atomic E-state index is 12.9. The molecule has 0 fully saturated rings. The molecule has 2 aromatic heterocycles. The molecule has 0 saturated heterocycles. The van der Waals surface area contributed by atoms with E-state index in [0.717, 1.165) is 9.40 Å². The molecule has 0 bridgehead atoms. The van der Waals surface area contributed by atoms with Gasteiger partial charge in [-0.1, -0.05) is 43.8 Å². The van der Waals surface area contributed by atoms with Crippen molar-refractivity contribution in [3.63, 3.8) is 0 Å². The lowest BCUT2D eigenvalue weighted by molar-refractivity contribution is -0.148. The second kappa shape index (κ2) is 14.3. The van der Waals surface area contributed by atoms with Gasteiger partial charge in [0.1, 0.15) is 11.5 Å². The van der Waals surface area contributed by atoms with Crippen molar-refractivity contribution in [1.29, 1.82) is 0 Å². The third kappa shape index (κ3) is 6.97. The van der Waals surface area contributed by atoms with E-state index in [-0.39, 0.29) is 44.7 Å². The van der Waals surface area contributed by atoms with Crippen LogP contribution in [0.2, 0.25) is 0 Å². The zero-order valence-corrected chi connectivity index (χ0v) is 25.0. The molecule has 0 N–H and O–H groups in total. The van der Waals surface area contributed by atoms with Crippen molar-refractivity contribution in [2.75, 3.05) is 26.4 Å². The number of hydrogen-bond donors (Lipinski definition) is 0. The molecule has 6 rings (SSSR count). The first kappa shape index (κ1) is 31.6. The summed E-state index contributed by atoms with van der Waals surface area (Å²) in [5.74, 6) is -0.170. The standard InChI is InChI=1S/C34H26O8S2.CH4/c35-29(19-41-25-13-7-11-23-31(37)21-9-1-3-15-27(21)43-33(23)25)39-17-5-6-18-40-30(36)20-42-26-14-8-12-24-32(38)22-10-2-4-16-28(22)44-34(24)26;/h1-4,7-16H,5-6,17-20H2;1H4. The largest absolute Gasteiger partial charge is 0.480 e. The summed E-state index contributed by atoms with van der Waals surface area (Å²) in [6.07, 6.45) is 0.984. The first-order valence-corrected chi connectivity index (χ1v) is 15.6. The Morgan fingerprint density at radius 3 is 1.38 bits per heavy atom. The molecule has 4 aromatic carbocycles. The van der Waals surface area contributed by atoms with Crippen LogP contribution < -0.4 is 20.3 Å². The van der Waals surface area contributed by atoms with Gasteiger partial charge in [-0.3, -0.25) is 9.59 Å². The van der Waals surface area contributed by atoms with Crippen LogP contribution in [0.5, 0.6) is 11.5 Å². The summed E-state index contributed by atoms with van der Waals surface area (Å²) >= 11 is 2.87. The molecular weight excluding hydrogens is 613 g/mol. The van der Waals surface area contributed by atoms with Gasteiger partial charge in [0.25, 0.3) is 0 Å². The van der Waals surface area contributed by atoms with Crippen LogP contribution in [0.3, 0.4) is 0 Å². The van der Waals surface area contributed by atoms with E-state index in [1.807, 2.05) is 36.4 Å². The summed E-state index contributed by atoms with van der Waals surface area (Å²) in [5, 5.41) is 2.39. The lowest BCUT2D eigenvalue weighted by Gasteiger charge is -2.10. The fraction of sp³-hybridized carbons (Fsp3) is 0.200. The number of hydrogen-bond acceptors (Lipinski definition) is 10. The normalized spacial score (nSPS) is 10.9. The predicted octanol–water partition coefficient (Wildman–Crippen LogP) is 7.10. The molecule has 45 heavy (non-hydrogen) atoms. The maximum Gasteiger partial charge on any atom is 0.344 e. The minimum Gasteiger partial charge on any atom is -0.480 e. The number of unbranched alkanes of at least 4 members (excludes halogenated alkanes) is 1. The van der Waals surface area contributed by atoms with Crippen LogP contribution in [0, 0.1) is 0 Å². The summed E-state index contributed by atoms with van der Waals surface area (Å²) in [7, 11) is 0. The molecule has 0 unspecified atom stereocenters. The number of benzene rings is 4. The van der Waals surface area contributed by atoms with E-state index in [0.29, 0.717) is 55.3 Å². The van der Waals surface area contributed by atoms with Crippen LogP contribution in [0.1, 0.15) is 20.3 Å². The lowest BCUT2D eigenvalue weighted by atomic mass is 10.2. The van der Waals surface area contributed by atoms with Gasteiger partial charge < -0.3 is 18.9 Å². The molecule has 0 spiro atoms. The van der Waals surface area contributed by atoms with E-state index in [4.69, 9.17) is 18.9 Å². The monoisotopic (exact) mass is 642 g/mol. The summed E-state index contributed by atoms with van der Waals surface area (Å²) in [5.41, 5.74) is -0.148. The van der Waals surface area contributed by atoms with Gasteiger partial charge in [-0.25, -0.2) is 9.59 Å². The van der Waals surface area contributed by atoms with Crippen LogP contribution in [0.4, 0.5) is 0 Å². The fourth-order valence-corrected chi connectivity index (χ4v) is 7.03. The highest BCUT2D eigenvalue weighted by molar-refractivity contribution is 7.25. The number of ether oxygens (including phenoxy) is 4. The van der Waals surface area contributed by atoms with Gasteiger partial charge in [-0.05, 0) is 61.4 Å². The van der Waals surface area contributed by atoms with E-state index in [9.17, 15) is 19.2 Å². The Labute approximate surface area is 266 Å². The third-order valence-corrected chi connectivity index (χ3v) is 9.29. The van der Waals surface area contributed by atoms with Gasteiger partial charge in [0, 0.05) is 30.9 Å². The molecule has 0 aliphatic rings. The molecule has 0 saturated carbocycles. The fourth-order valence-electron chi connectivity index (χ4n) is 4.76. The van der Waals surface area contributed by atoms with Crippen molar-refractivity contribution in [3.05, 3.63) is 105 Å². The van der Waals surface area contributed by atoms with Crippen molar-refractivity contribution in [2.45, 2.75) is 20.3 Å². The molecule has 2 heterocycles. The Morgan fingerprint density at radius 1 is 0.533 bits per heavy atom. The minimum atomic E-state index is -0.536. The van der Waals surface area contributed by atoms with Crippen LogP contribution >= 0.6 is 22.7 Å². The van der Waals surface area contributed by atoms with Gasteiger partial charge >= 0.3 is 11.9 Å². The molecule has 10 heteroatoms. The van der Waals surface area contributed by atoms with Crippen molar-refractivity contribution in [1.82, 2.24) is 0 Å². The molecule has 8 nitrogen and oxygen atoms in total. The average Bonchev–Trinajstić information content (AvgIpc) is 3.05. The van der Waals surface area contributed by atoms with Crippen LogP contribution in [0.25, 0.3) is 40.3 Å². The highest BCUT2D eigenvalue weighted by Gasteiger charge is 2.14. The van der Waals surface area contributed by atoms with E-state index in [2.05, 4.69) is 0 Å². The number of esters is 2. The summed E-state index contributed by atoms with van der Waals surface area (Å²) in [6, 6.07) is 25.2. The van der Waals surface area contributed by atoms with E-state index >= 15 is 0 Å². The molecular formula is C35H30O8S2. The first-order chi connectivity index (χ1) is 21.5. The van der Waals surface area contributed by atoms with Gasteiger partial charge in [0.05, 0.1) is 22.6 Å². The van der Waals surface area contributed by atoms with Crippen LogP contribution in [-0.2, 0) is 19.1 Å². The van der Waals surface area contributed by atoms with Gasteiger partial charge in [-0.2, -0.15) is 0 Å². The number of rotatable bonds is 11. The Kier molecular flexibility index (Phi) is 10.1. The Morgan fingerprint density at radius 2 is 0.933 bits per heavy atom. The smallest absolute Gasteiger partial charge is 0.344 e. The van der Waals surface area contributed by atoms with E-state index in [1.54, 1.807) is 48.5 Å². The number of carbonyl (C=O) groups is 2. The highest BCUT2D eigenvalue weighted by Crippen LogP contribution is 2.33. The Bertz CT molecular complexity index is 1980. The zero-order chi connectivity index (χ0) is 30.5. The molecule has 230 valence electrons. The highest BCUT2D eigenvalue weighted by atomic mass is 32.1. The maximum absolute atomic E-state index is 12.9. The average molecular weight is 643 g/mol. The second-order valence-electron chi connectivity index (χ2n) is 9.85. The van der Waals surface area contributed by atoms with Gasteiger partial charge in [0.15, 0.2) is 24.1 Å². The molecule has 0 aliphatic heterocycles. The SMILES string of the molecule is C.O=C(COc1cccc2c(=O)c3ccccc3sc12)OCCCCOC(=O)COc1cccc2c(=O)c3ccccc3sc12. The second-order valence-corrected chi connectivity index (χ2v) is 12.0. The Balaban J connectivity index is 0.00000400. The summed E-state index contributed by atoms with van der Waals surface area (Å²) in [6.45, 7) is -0.297. The predicted molar refractivity (Wildman–Crippen MR) is 180 cm³/mol. The minimum absolute atomic E-state index is 0. The van der Waals surface area contributed by atoms with Crippen molar-refractivity contribution in [2.24, 2.45) is 0 Å². The van der Waals surface area contributed by atoms with Crippen LogP contribution in [0.15, 0.2) is 94.5 Å². The number of fused-ring (bicyclic) bond motifs is 4. The quantitative estimate of drug-likeness (QED) is 0.0837.